The monoisotopic (exact) mass is 445 g/mol. The van der Waals surface area contributed by atoms with E-state index in [-0.39, 0.29) is 11.8 Å². The van der Waals surface area contributed by atoms with Gasteiger partial charge in [0.2, 0.25) is 5.91 Å². The number of ether oxygens (including phenoxy) is 1. The summed E-state index contributed by atoms with van der Waals surface area (Å²) in [5.41, 5.74) is 3.03. The van der Waals surface area contributed by atoms with Crippen LogP contribution in [0.3, 0.4) is 0 Å². The molecule has 0 bridgehead atoms. The number of hydrogen-bond acceptors (Lipinski definition) is 4. The molecule has 1 saturated heterocycles. The molecule has 2 aliphatic rings. The highest BCUT2D eigenvalue weighted by Gasteiger charge is 2.25. The van der Waals surface area contributed by atoms with Crippen molar-refractivity contribution in [3.05, 3.63) is 35.1 Å². The third kappa shape index (κ3) is 10.7. The van der Waals surface area contributed by atoms with Crippen LogP contribution in [0.5, 0.6) is 0 Å². The Hall–Kier alpha value is -2.52. The lowest BCUT2D eigenvalue weighted by Crippen LogP contribution is -2.48. The second-order valence-corrected chi connectivity index (χ2v) is 7.33. The number of carbonyl (C=O) groups is 2. The number of rotatable bonds is 1. The number of carbonyl (C=O) groups excluding carboxylic acids is 2. The molecule has 1 unspecified atom stereocenters. The van der Waals surface area contributed by atoms with Gasteiger partial charge in [-0.15, -0.1) is 12.3 Å². The van der Waals surface area contributed by atoms with Crippen molar-refractivity contribution >= 4 is 11.8 Å². The Morgan fingerprint density at radius 2 is 1.84 bits per heavy atom. The molecule has 180 valence electrons. The van der Waals surface area contributed by atoms with Crippen LogP contribution in [0.25, 0.3) is 0 Å². The lowest BCUT2D eigenvalue weighted by molar-refractivity contribution is -0.127. The van der Waals surface area contributed by atoms with Crippen LogP contribution in [-0.4, -0.2) is 56.6 Å². The van der Waals surface area contributed by atoms with Crippen LogP contribution in [0.2, 0.25) is 0 Å². The lowest BCUT2D eigenvalue weighted by Gasteiger charge is -2.25. The average Bonchev–Trinajstić information content (AvgIpc) is 2.80. The van der Waals surface area contributed by atoms with Crippen LogP contribution in [0, 0.1) is 12.3 Å². The molecule has 0 aromatic carbocycles. The van der Waals surface area contributed by atoms with Crippen LogP contribution in [0.1, 0.15) is 66.2 Å². The van der Waals surface area contributed by atoms with Crippen LogP contribution in [0.4, 0.5) is 0 Å². The quantitative estimate of drug-likeness (QED) is 0.474. The molecular formula is C26H43N3O3. The van der Waals surface area contributed by atoms with E-state index in [0.29, 0.717) is 18.7 Å². The number of amides is 2. The van der Waals surface area contributed by atoms with Gasteiger partial charge in [-0.2, -0.15) is 0 Å². The molecule has 2 N–H and O–H groups in total. The Balaban J connectivity index is 0.00000177. The summed E-state index contributed by atoms with van der Waals surface area (Å²) in [7, 11) is 3.50. The molecule has 2 amide bonds. The van der Waals surface area contributed by atoms with Crippen molar-refractivity contribution in [1.82, 2.24) is 15.5 Å². The maximum atomic E-state index is 12.8. The summed E-state index contributed by atoms with van der Waals surface area (Å²) in [5, 5.41) is 5.63. The van der Waals surface area contributed by atoms with Gasteiger partial charge in [-0.25, -0.2) is 0 Å². The number of fused-ring (bicyclic) bond motifs is 1. The van der Waals surface area contributed by atoms with Crippen molar-refractivity contribution in [1.29, 1.82) is 0 Å². The first kappa shape index (κ1) is 29.5. The van der Waals surface area contributed by atoms with Crippen molar-refractivity contribution in [3.8, 4) is 12.3 Å². The van der Waals surface area contributed by atoms with E-state index in [0.717, 1.165) is 45.3 Å². The summed E-state index contributed by atoms with van der Waals surface area (Å²) in [6.45, 7) is 9.65. The van der Waals surface area contributed by atoms with Crippen molar-refractivity contribution < 1.29 is 14.3 Å². The minimum atomic E-state index is -0.583. The molecule has 0 radical (unpaired) electrons. The predicted octanol–water partition coefficient (Wildman–Crippen LogP) is 3.96. The van der Waals surface area contributed by atoms with E-state index in [9.17, 15) is 9.59 Å². The second kappa shape index (κ2) is 18.1. The Morgan fingerprint density at radius 1 is 1.25 bits per heavy atom. The summed E-state index contributed by atoms with van der Waals surface area (Å²) < 4.78 is 5.75. The molecule has 0 aromatic rings. The van der Waals surface area contributed by atoms with Gasteiger partial charge in [-0.1, -0.05) is 32.1 Å². The fourth-order valence-electron chi connectivity index (χ4n) is 3.61. The average molecular weight is 446 g/mol. The number of terminal acetylenes is 1. The second-order valence-electron chi connectivity index (χ2n) is 7.33. The molecule has 6 heteroatoms. The Labute approximate surface area is 195 Å². The van der Waals surface area contributed by atoms with Gasteiger partial charge in [-0.05, 0) is 57.1 Å². The lowest BCUT2D eigenvalue weighted by atomic mass is 9.89. The largest absolute Gasteiger partial charge is 0.381 e. The molecule has 6 nitrogen and oxygen atoms in total. The van der Waals surface area contributed by atoms with Gasteiger partial charge in [-0.3, -0.25) is 9.59 Å². The highest BCUT2D eigenvalue weighted by molar-refractivity contribution is 5.96. The van der Waals surface area contributed by atoms with Crippen molar-refractivity contribution in [2.24, 2.45) is 0 Å². The maximum absolute atomic E-state index is 12.8. The summed E-state index contributed by atoms with van der Waals surface area (Å²) in [4.78, 5) is 27.2. The summed E-state index contributed by atoms with van der Waals surface area (Å²) in [6.07, 6.45) is 16.2. The molecule has 0 aromatic heterocycles. The predicted molar refractivity (Wildman–Crippen MR) is 133 cm³/mol. The van der Waals surface area contributed by atoms with Gasteiger partial charge in [0, 0.05) is 40.3 Å². The summed E-state index contributed by atoms with van der Waals surface area (Å²) in [6, 6.07) is -0.583. The van der Waals surface area contributed by atoms with E-state index < -0.39 is 6.04 Å². The minimum absolute atomic E-state index is 0.167. The number of nitrogens with zero attached hydrogens (tertiary/aromatic N) is 1. The van der Waals surface area contributed by atoms with Gasteiger partial charge in [0.15, 0.2) is 0 Å². The molecule has 1 aliphatic heterocycles. The SMILES string of the molecule is C#CC.C/C=C1/C(=O)NC(C(=O)NC)CC2=CCCC=C2CCCOCCCN1C.CC. The van der Waals surface area contributed by atoms with Crippen molar-refractivity contribution in [3.63, 3.8) is 0 Å². The van der Waals surface area contributed by atoms with Gasteiger partial charge in [0.05, 0.1) is 5.70 Å². The van der Waals surface area contributed by atoms with Gasteiger partial charge >= 0.3 is 0 Å². The smallest absolute Gasteiger partial charge is 0.267 e. The molecule has 1 fully saturated rings. The fraction of sp³-hybridized carbons (Fsp3) is 0.615. The normalized spacial score (nSPS) is 21.3. The van der Waals surface area contributed by atoms with E-state index in [2.05, 4.69) is 35.1 Å². The number of nitrogens with one attached hydrogen (secondary N) is 2. The molecule has 32 heavy (non-hydrogen) atoms. The van der Waals surface area contributed by atoms with Crippen LogP contribution >= 0.6 is 0 Å². The summed E-state index contributed by atoms with van der Waals surface area (Å²) in [5.74, 6) is 1.87. The molecule has 2 rings (SSSR count). The molecule has 1 heterocycles. The molecule has 0 saturated carbocycles. The molecule has 0 spiro atoms. The number of likely N-dealkylation sites (N-methyl/N-ethyl adjacent to an activating group) is 2. The zero-order chi connectivity index (χ0) is 24.4. The van der Waals surface area contributed by atoms with E-state index in [1.165, 1.54) is 11.1 Å². The van der Waals surface area contributed by atoms with Crippen LogP contribution < -0.4 is 10.6 Å². The van der Waals surface area contributed by atoms with Gasteiger partial charge in [0.25, 0.3) is 5.91 Å². The molecule has 1 aliphatic carbocycles. The van der Waals surface area contributed by atoms with Crippen molar-refractivity contribution in [2.75, 3.05) is 33.9 Å². The van der Waals surface area contributed by atoms with Crippen LogP contribution in [0.15, 0.2) is 35.1 Å². The maximum Gasteiger partial charge on any atom is 0.267 e. The molecule has 1 atom stereocenters. The zero-order valence-electron chi connectivity index (χ0n) is 20.9. The fourth-order valence-corrected chi connectivity index (χ4v) is 3.61. The van der Waals surface area contributed by atoms with Crippen molar-refractivity contribution in [2.45, 2.75) is 72.3 Å². The molecular weight excluding hydrogens is 402 g/mol. The third-order valence-electron chi connectivity index (χ3n) is 5.09. The Kier molecular flexibility index (Phi) is 16.7. The van der Waals surface area contributed by atoms with E-state index in [4.69, 9.17) is 4.74 Å². The Morgan fingerprint density at radius 3 is 2.44 bits per heavy atom. The van der Waals surface area contributed by atoms with Gasteiger partial charge < -0.3 is 20.3 Å². The highest BCUT2D eigenvalue weighted by Crippen LogP contribution is 2.27. The standard InChI is InChI=1S/C21H33N3O3.C3H4.C2H6/c1-4-19-21(26)23-18(20(25)22-2)15-17-10-6-5-9-16(17)11-7-13-27-14-8-12-24(19)3;1-3-2;1-2/h4,9-10,18H,5-8,11-15H2,1-3H3,(H,22,25)(H,23,26);1H,2H3;1-2H3/b19-4-;;. The minimum Gasteiger partial charge on any atom is -0.381 e. The van der Waals surface area contributed by atoms with E-state index in [1.807, 2.05) is 32.7 Å². The third-order valence-corrected chi connectivity index (χ3v) is 5.09. The van der Waals surface area contributed by atoms with Gasteiger partial charge in [0.1, 0.15) is 6.04 Å². The highest BCUT2D eigenvalue weighted by atomic mass is 16.5. The van der Waals surface area contributed by atoms with Crippen LogP contribution in [-0.2, 0) is 14.3 Å². The summed E-state index contributed by atoms with van der Waals surface area (Å²) >= 11 is 0. The number of allylic oxidation sites excluding steroid dienone is 4. The number of hydrogen-bond donors (Lipinski definition) is 2. The first-order chi connectivity index (χ1) is 15.5. The Bertz CT molecular complexity index is 702. The van der Waals surface area contributed by atoms with E-state index in [1.54, 1.807) is 20.0 Å². The topological polar surface area (TPSA) is 70.7 Å². The first-order valence-corrected chi connectivity index (χ1v) is 11.7. The zero-order valence-corrected chi connectivity index (χ0v) is 20.9. The first-order valence-electron chi connectivity index (χ1n) is 11.7. The van der Waals surface area contributed by atoms with E-state index >= 15 is 0 Å².